The van der Waals surface area contributed by atoms with E-state index in [9.17, 15) is 19.1 Å². The van der Waals surface area contributed by atoms with Crippen molar-refractivity contribution in [3.05, 3.63) is 70.4 Å². The summed E-state index contributed by atoms with van der Waals surface area (Å²) in [6.07, 6.45) is -2.18. The minimum absolute atomic E-state index is 0.00310. The van der Waals surface area contributed by atoms with Crippen LogP contribution in [0.4, 0.5) is 43.0 Å². The molecule has 10 nitrogen and oxygen atoms in total. The van der Waals surface area contributed by atoms with Crippen molar-refractivity contribution in [1.82, 2.24) is 19.9 Å². The first-order valence-electron chi connectivity index (χ1n) is 16.2. The normalized spacial score (nSPS) is 19.4. The number of phenolic OH excluding ortho intramolecular Hbond substituents is 1. The van der Waals surface area contributed by atoms with E-state index >= 15 is 17.6 Å². The van der Waals surface area contributed by atoms with Gasteiger partial charge in [-0.25, -0.2) is 18.2 Å². The fraction of sp³-hybridized carbons (Fsp3) is 0.314. The molecule has 0 amide bonds. The molecule has 18 heteroatoms. The van der Waals surface area contributed by atoms with Gasteiger partial charge in [0.2, 0.25) is 0 Å². The number of thiophene rings is 1. The first-order valence-corrected chi connectivity index (χ1v) is 17.4. The lowest BCUT2D eigenvalue weighted by molar-refractivity contribution is -0.138. The molecule has 0 bridgehead atoms. The van der Waals surface area contributed by atoms with E-state index in [4.69, 9.17) is 27.8 Å². The Kier molecular flexibility index (Phi) is 9.19. The van der Waals surface area contributed by atoms with Gasteiger partial charge in [0.1, 0.15) is 58.1 Å². The first kappa shape index (κ1) is 36.3. The zero-order valence-corrected chi connectivity index (χ0v) is 29.1. The Balaban J connectivity index is 1.50. The summed E-state index contributed by atoms with van der Waals surface area (Å²) >= 11 is 6.80. The minimum Gasteiger partial charge on any atom is -0.506 e. The molecule has 2 fully saturated rings. The van der Waals surface area contributed by atoms with Gasteiger partial charge in [-0.15, -0.1) is 17.9 Å². The number of hydrogen-bond acceptors (Lipinski definition) is 11. The van der Waals surface area contributed by atoms with Crippen LogP contribution in [0.1, 0.15) is 48.4 Å². The highest BCUT2D eigenvalue weighted by atomic mass is 35.5. The predicted octanol–water partition coefficient (Wildman–Crippen LogP) is 8.28. The maximum absolute atomic E-state index is 17.2. The van der Waals surface area contributed by atoms with Gasteiger partial charge in [-0.3, -0.25) is 4.90 Å². The smallest absolute Gasteiger partial charge is 0.420 e. The number of ether oxygens (including phenoxy) is 1. The van der Waals surface area contributed by atoms with Gasteiger partial charge in [-0.2, -0.15) is 28.4 Å². The van der Waals surface area contributed by atoms with E-state index in [1.807, 2.05) is 4.90 Å². The van der Waals surface area contributed by atoms with Crippen LogP contribution < -0.4 is 21.5 Å². The molecule has 3 atom stereocenters. The van der Waals surface area contributed by atoms with Crippen LogP contribution in [0, 0.1) is 23.0 Å². The molecule has 0 aliphatic carbocycles. The molecule has 6 N–H and O–H groups in total. The van der Waals surface area contributed by atoms with Crippen LogP contribution in [-0.2, 0) is 6.18 Å². The third-order valence-corrected chi connectivity index (χ3v) is 11.0. The van der Waals surface area contributed by atoms with Crippen molar-refractivity contribution in [3.8, 4) is 29.0 Å². The summed E-state index contributed by atoms with van der Waals surface area (Å²) in [5, 5.41) is 23.2. The molecule has 0 unspecified atom stereocenters. The summed E-state index contributed by atoms with van der Waals surface area (Å²) in [5.74, 6) is -4.44. The summed E-state index contributed by atoms with van der Waals surface area (Å²) in [6.45, 7) is 4.44. The van der Waals surface area contributed by atoms with Crippen LogP contribution in [0.15, 0.2) is 37.1 Å². The summed E-state index contributed by atoms with van der Waals surface area (Å²) in [4.78, 5) is 14.5. The number of pyridine rings is 1. The van der Waals surface area contributed by atoms with E-state index in [0.29, 0.717) is 24.3 Å². The lowest BCUT2D eigenvalue weighted by atomic mass is 9.91. The topological polar surface area (TPSA) is 159 Å². The molecule has 2 saturated heterocycles. The molecule has 2 aliphatic rings. The average Bonchev–Trinajstić information content (AvgIpc) is 3.75. The monoisotopic (exact) mass is 774 g/mol. The molecule has 3 aromatic heterocycles. The van der Waals surface area contributed by atoms with Crippen molar-refractivity contribution in [3.63, 3.8) is 0 Å². The average molecular weight is 775 g/mol. The first-order chi connectivity index (χ1) is 25.2. The molecule has 2 aliphatic heterocycles. The Labute approximate surface area is 306 Å². The standard InChI is InChI=1S/C35H29ClF6N8O2S/c1-2-4-21(18-9-15(36)12-46-30(18)44)47-32-24-27(48-33(49-32)52-14-34-7-3-8-50(34)13-16(37)10-34)26(39)23(25(28(24)51)35(40,41)42)17-5-6-20(38)29-22(17)19(11-43)31(45)53-29/h2,5-6,9,12,16,21,51H,1,3-4,7-8,10,13-14,45H2,(H2,44,46)(H,47,48,49)/t16-,21-,34+/m1/s1. The number of hydrogen-bond donors (Lipinski definition) is 4. The van der Waals surface area contributed by atoms with Gasteiger partial charge in [0.15, 0.2) is 5.82 Å². The molecule has 276 valence electrons. The Morgan fingerprint density at radius 3 is 2.75 bits per heavy atom. The number of benzene rings is 2. The van der Waals surface area contributed by atoms with Gasteiger partial charge >= 0.3 is 12.2 Å². The maximum atomic E-state index is 17.2. The van der Waals surface area contributed by atoms with E-state index in [2.05, 4.69) is 26.8 Å². The zero-order valence-electron chi connectivity index (χ0n) is 27.5. The number of nitrogens with two attached hydrogens (primary N) is 2. The second kappa shape index (κ2) is 13.4. The van der Waals surface area contributed by atoms with Crippen LogP contribution in [-0.4, -0.2) is 56.4 Å². The van der Waals surface area contributed by atoms with Crippen LogP contribution in [0.2, 0.25) is 5.02 Å². The number of phenols is 1. The van der Waals surface area contributed by atoms with Gasteiger partial charge in [0, 0.05) is 35.7 Å². The zero-order chi connectivity index (χ0) is 38.0. The van der Waals surface area contributed by atoms with E-state index in [1.54, 1.807) is 6.07 Å². The van der Waals surface area contributed by atoms with E-state index in [-0.39, 0.29) is 63.0 Å². The summed E-state index contributed by atoms with van der Waals surface area (Å²) in [5.41, 5.74) is 6.86. The molecular formula is C35H29ClF6N8O2S. The maximum Gasteiger partial charge on any atom is 0.420 e. The third-order valence-electron chi connectivity index (χ3n) is 9.76. The van der Waals surface area contributed by atoms with Gasteiger partial charge in [0.05, 0.1) is 32.3 Å². The van der Waals surface area contributed by atoms with Gasteiger partial charge in [-0.05, 0) is 43.5 Å². The number of nitrogens with one attached hydrogen (secondary N) is 1. The molecule has 53 heavy (non-hydrogen) atoms. The number of fused-ring (bicyclic) bond motifs is 3. The number of aromatic hydroxyl groups is 1. The Hall–Kier alpha value is -5.05. The summed E-state index contributed by atoms with van der Waals surface area (Å²) < 4.78 is 97.8. The second-order valence-electron chi connectivity index (χ2n) is 13.0. The molecule has 2 aromatic carbocycles. The highest BCUT2D eigenvalue weighted by molar-refractivity contribution is 7.23. The van der Waals surface area contributed by atoms with Crippen molar-refractivity contribution < 1.29 is 36.2 Å². The van der Waals surface area contributed by atoms with Crippen molar-refractivity contribution in [2.24, 2.45) is 0 Å². The Bertz CT molecular complexity index is 2350. The molecule has 5 aromatic rings. The highest BCUT2D eigenvalue weighted by Gasteiger charge is 2.49. The number of rotatable bonds is 9. The van der Waals surface area contributed by atoms with E-state index < -0.39 is 80.7 Å². The Morgan fingerprint density at radius 2 is 2.04 bits per heavy atom. The van der Waals surface area contributed by atoms with Crippen molar-refractivity contribution in [2.75, 3.05) is 36.5 Å². The molecule has 0 radical (unpaired) electrons. The minimum atomic E-state index is -5.42. The van der Waals surface area contributed by atoms with Crippen molar-refractivity contribution in [1.29, 1.82) is 5.26 Å². The Morgan fingerprint density at radius 1 is 1.26 bits per heavy atom. The fourth-order valence-electron chi connectivity index (χ4n) is 7.49. The van der Waals surface area contributed by atoms with Crippen LogP contribution in [0.3, 0.4) is 0 Å². The van der Waals surface area contributed by atoms with Crippen LogP contribution in [0.25, 0.3) is 32.1 Å². The number of aromatic nitrogens is 3. The van der Waals surface area contributed by atoms with Crippen LogP contribution in [0.5, 0.6) is 11.8 Å². The fourth-order valence-corrected chi connectivity index (χ4v) is 8.60. The van der Waals surface area contributed by atoms with Gasteiger partial charge in [0.25, 0.3) is 0 Å². The van der Waals surface area contributed by atoms with Crippen molar-refractivity contribution >= 4 is 60.6 Å². The number of nitriles is 1. The molecule has 0 saturated carbocycles. The van der Waals surface area contributed by atoms with Gasteiger partial charge in [-0.1, -0.05) is 23.7 Å². The van der Waals surface area contributed by atoms with E-state index in [0.717, 1.165) is 18.6 Å². The molecule has 7 rings (SSSR count). The molecule has 5 heterocycles. The number of anilines is 3. The van der Waals surface area contributed by atoms with Crippen molar-refractivity contribution in [2.45, 2.75) is 49.6 Å². The number of halogens is 7. The predicted molar refractivity (Wildman–Crippen MR) is 189 cm³/mol. The number of nitrogens with zero attached hydrogens (tertiary/aromatic N) is 5. The summed E-state index contributed by atoms with van der Waals surface area (Å²) in [6, 6.07) is 3.48. The lowest BCUT2D eigenvalue weighted by Gasteiger charge is -2.31. The van der Waals surface area contributed by atoms with E-state index in [1.165, 1.54) is 18.3 Å². The quantitative estimate of drug-likeness (QED) is 0.0848. The second-order valence-corrected chi connectivity index (χ2v) is 14.4. The lowest BCUT2D eigenvalue weighted by Crippen LogP contribution is -2.43. The van der Waals surface area contributed by atoms with Crippen LogP contribution >= 0.6 is 22.9 Å². The summed E-state index contributed by atoms with van der Waals surface area (Å²) in [7, 11) is 0. The number of nitrogen functional groups attached to an aromatic ring is 2. The SMILES string of the molecule is C=CC[C@@H](Nc1nc(OC[C@@]23CCCN2C[C@H](F)C3)nc2c(F)c(-c3ccc(F)c4sc(N)c(C#N)c34)c(C(F)(F)F)c(O)c12)c1cc(Cl)cnc1N. The molecular weight excluding hydrogens is 746 g/mol. The number of alkyl halides is 4. The third kappa shape index (κ3) is 6.17. The van der Waals surface area contributed by atoms with Gasteiger partial charge < -0.3 is 26.6 Å². The molecule has 0 spiro atoms. The largest absolute Gasteiger partial charge is 0.506 e. The highest BCUT2D eigenvalue weighted by Crippen LogP contribution is 2.52.